The van der Waals surface area contributed by atoms with E-state index in [2.05, 4.69) is 24.0 Å². The third-order valence-electron chi connectivity index (χ3n) is 3.09. The molecule has 0 N–H and O–H groups in total. The number of ether oxygens (including phenoxy) is 1. The molecular weight excluding hydrogens is 200 g/mol. The molecule has 0 bridgehead atoms. The van der Waals surface area contributed by atoms with Crippen molar-refractivity contribution in [2.45, 2.75) is 13.0 Å². The van der Waals surface area contributed by atoms with Crippen molar-refractivity contribution >= 4 is 0 Å². The van der Waals surface area contributed by atoms with Crippen molar-refractivity contribution in [3.63, 3.8) is 0 Å². The number of nitriles is 1. The van der Waals surface area contributed by atoms with Crippen LogP contribution in [0.1, 0.15) is 24.1 Å². The minimum absolute atomic E-state index is 0.359. The molecule has 1 saturated heterocycles. The minimum atomic E-state index is 0.359. The molecule has 0 aromatic heterocycles. The van der Waals surface area contributed by atoms with Crippen molar-refractivity contribution < 1.29 is 4.74 Å². The van der Waals surface area contributed by atoms with Crippen molar-refractivity contribution in [2.75, 3.05) is 26.3 Å². The van der Waals surface area contributed by atoms with Crippen LogP contribution < -0.4 is 0 Å². The van der Waals surface area contributed by atoms with Gasteiger partial charge in [0.1, 0.15) is 0 Å². The normalized spacial score (nSPS) is 19.0. The van der Waals surface area contributed by atoms with E-state index < -0.39 is 0 Å². The van der Waals surface area contributed by atoms with Gasteiger partial charge in [-0.05, 0) is 24.6 Å². The topological polar surface area (TPSA) is 36.3 Å². The number of rotatable bonds is 2. The lowest BCUT2D eigenvalue weighted by Gasteiger charge is -2.32. The Hall–Kier alpha value is -1.37. The maximum atomic E-state index is 8.87. The van der Waals surface area contributed by atoms with Crippen molar-refractivity contribution in [1.29, 1.82) is 5.26 Å². The summed E-state index contributed by atoms with van der Waals surface area (Å²) in [5.41, 5.74) is 1.94. The highest BCUT2D eigenvalue weighted by Crippen LogP contribution is 2.21. The first-order valence-electron chi connectivity index (χ1n) is 5.63. The molecule has 0 radical (unpaired) electrons. The van der Waals surface area contributed by atoms with Gasteiger partial charge >= 0.3 is 0 Å². The van der Waals surface area contributed by atoms with E-state index in [4.69, 9.17) is 10.00 Å². The Morgan fingerprint density at radius 1 is 1.38 bits per heavy atom. The second-order valence-corrected chi connectivity index (χ2v) is 4.06. The van der Waals surface area contributed by atoms with Gasteiger partial charge in [0.15, 0.2) is 0 Å². The third-order valence-corrected chi connectivity index (χ3v) is 3.09. The molecule has 0 aliphatic carbocycles. The highest BCUT2D eigenvalue weighted by molar-refractivity contribution is 5.34. The molecule has 3 heteroatoms. The molecule has 1 aromatic rings. The van der Waals surface area contributed by atoms with Crippen LogP contribution in [-0.4, -0.2) is 31.2 Å². The fraction of sp³-hybridized carbons (Fsp3) is 0.462. The number of hydrogen-bond acceptors (Lipinski definition) is 3. The third kappa shape index (κ3) is 2.41. The number of morpholine rings is 1. The lowest BCUT2D eigenvalue weighted by Crippen LogP contribution is -2.38. The first-order valence-corrected chi connectivity index (χ1v) is 5.63. The molecule has 1 aliphatic rings. The van der Waals surface area contributed by atoms with Gasteiger partial charge in [-0.2, -0.15) is 5.26 Å². The lowest BCUT2D eigenvalue weighted by molar-refractivity contribution is 0.0198. The van der Waals surface area contributed by atoms with Crippen LogP contribution in [0.3, 0.4) is 0 Å². The quantitative estimate of drug-likeness (QED) is 0.758. The monoisotopic (exact) mass is 216 g/mol. The smallest absolute Gasteiger partial charge is 0.0991 e. The molecule has 0 spiro atoms. The summed E-state index contributed by atoms with van der Waals surface area (Å²) in [5.74, 6) is 0. The maximum Gasteiger partial charge on any atom is 0.0991 e. The summed E-state index contributed by atoms with van der Waals surface area (Å²) >= 11 is 0. The van der Waals surface area contributed by atoms with E-state index >= 15 is 0 Å². The van der Waals surface area contributed by atoms with Gasteiger partial charge in [-0.1, -0.05) is 12.1 Å². The summed E-state index contributed by atoms with van der Waals surface area (Å²) in [6, 6.07) is 10.4. The molecule has 1 heterocycles. The van der Waals surface area contributed by atoms with Gasteiger partial charge in [0.05, 0.1) is 24.8 Å². The van der Waals surface area contributed by atoms with E-state index in [0.717, 1.165) is 31.9 Å². The Balaban J connectivity index is 2.13. The predicted octanol–water partition coefficient (Wildman–Crippen LogP) is 1.95. The van der Waals surface area contributed by atoms with Gasteiger partial charge in [-0.15, -0.1) is 0 Å². The Labute approximate surface area is 96.2 Å². The van der Waals surface area contributed by atoms with Crippen molar-refractivity contribution in [2.24, 2.45) is 0 Å². The van der Waals surface area contributed by atoms with Crippen LogP contribution >= 0.6 is 0 Å². The van der Waals surface area contributed by atoms with Crippen LogP contribution in [-0.2, 0) is 4.74 Å². The number of nitrogens with zero attached hydrogens (tertiary/aromatic N) is 2. The number of benzene rings is 1. The summed E-state index contributed by atoms with van der Waals surface area (Å²) in [7, 11) is 0. The summed E-state index contributed by atoms with van der Waals surface area (Å²) in [6.45, 7) is 5.74. The number of hydrogen-bond donors (Lipinski definition) is 0. The van der Waals surface area contributed by atoms with Gasteiger partial charge in [0.25, 0.3) is 0 Å². The molecule has 1 aromatic carbocycles. The second-order valence-electron chi connectivity index (χ2n) is 4.06. The van der Waals surface area contributed by atoms with E-state index in [1.807, 2.05) is 18.2 Å². The van der Waals surface area contributed by atoms with Crippen LogP contribution in [0, 0.1) is 11.3 Å². The highest BCUT2D eigenvalue weighted by atomic mass is 16.5. The largest absolute Gasteiger partial charge is 0.379 e. The Bertz CT molecular complexity index is 391. The molecule has 0 saturated carbocycles. The zero-order valence-electron chi connectivity index (χ0n) is 9.52. The van der Waals surface area contributed by atoms with Gasteiger partial charge < -0.3 is 4.74 Å². The van der Waals surface area contributed by atoms with E-state index in [-0.39, 0.29) is 0 Å². The second kappa shape index (κ2) is 5.11. The molecule has 16 heavy (non-hydrogen) atoms. The average molecular weight is 216 g/mol. The van der Waals surface area contributed by atoms with Gasteiger partial charge in [0, 0.05) is 19.1 Å². The molecule has 1 atom stereocenters. The highest BCUT2D eigenvalue weighted by Gasteiger charge is 2.18. The maximum absolute atomic E-state index is 8.87. The summed E-state index contributed by atoms with van der Waals surface area (Å²) in [6.07, 6.45) is 0. The Morgan fingerprint density at radius 2 is 2.12 bits per heavy atom. The Morgan fingerprint density at radius 3 is 2.81 bits per heavy atom. The Kier molecular flexibility index (Phi) is 3.55. The van der Waals surface area contributed by atoms with Crippen LogP contribution in [0.15, 0.2) is 24.3 Å². The van der Waals surface area contributed by atoms with Crippen LogP contribution in [0.2, 0.25) is 0 Å². The van der Waals surface area contributed by atoms with Gasteiger partial charge in [-0.3, -0.25) is 4.90 Å². The molecule has 1 aliphatic heterocycles. The van der Waals surface area contributed by atoms with E-state index in [9.17, 15) is 0 Å². The standard InChI is InChI=1S/C13H16N2O/c1-11(15-5-7-16-8-6-15)13-4-2-3-12(9-13)10-14/h2-4,9,11H,5-8H2,1H3. The molecule has 1 unspecified atom stereocenters. The van der Waals surface area contributed by atoms with E-state index in [1.54, 1.807) is 0 Å². The first kappa shape index (κ1) is 11.1. The van der Waals surface area contributed by atoms with Crippen LogP contribution in [0.4, 0.5) is 0 Å². The molecule has 3 nitrogen and oxygen atoms in total. The minimum Gasteiger partial charge on any atom is -0.379 e. The van der Waals surface area contributed by atoms with Gasteiger partial charge in [-0.25, -0.2) is 0 Å². The predicted molar refractivity (Wildman–Crippen MR) is 62.0 cm³/mol. The van der Waals surface area contributed by atoms with Crippen molar-refractivity contribution in [3.8, 4) is 6.07 Å². The fourth-order valence-electron chi connectivity index (χ4n) is 2.04. The zero-order valence-corrected chi connectivity index (χ0v) is 9.52. The van der Waals surface area contributed by atoms with E-state index in [0.29, 0.717) is 6.04 Å². The molecule has 0 amide bonds. The van der Waals surface area contributed by atoms with E-state index in [1.165, 1.54) is 5.56 Å². The summed E-state index contributed by atoms with van der Waals surface area (Å²) in [5, 5.41) is 8.87. The van der Waals surface area contributed by atoms with Gasteiger partial charge in [0.2, 0.25) is 0 Å². The molecule has 84 valence electrons. The zero-order chi connectivity index (χ0) is 11.4. The lowest BCUT2D eigenvalue weighted by atomic mass is 10.0. The first-order chi connectivity index (χ1) is 7.81. The molecule has 1 fully saturated rings. The van der Waals surface area contributed by atoms with Crippen LogP contribution in [0.5, 0.6) is 0 Å². The SMILES string of the molecule is CC(c1cccc(C#N)c1)N1CCOCC1. The van der Waals surface area contributed by atoms with Crippen molar-refractivity contribution in [1.82, 2.24) is 4.90 Å². The summed E-state index contributed by atoms with van der Waals surface area (Å²) < 4.78 is 5.34. The summed E-state index contributed by atoms with van der Waals surface area (Å²) in [4.78, 5) is 2.39. The van der Waals surface area contributed by atoms with Crippen LogP contribution in [0.25, 0.3) is 0 Å². The molecular formula is C13H16N2O. The van der Waals surface area contributed by atoms with Crippen molar-refractivity contribution in [3.05, 3.63) is 35.4 Å². The fourth-order valence-corrected chi connectivity index (χ4v) is 2.04. The molecule has 2 rings (SSSR count). The average Bonchev–Trinajstić information content (AvgIpc) is 2.39.